The minimum absolute atomic E-state index is 0.216. The van der Waals surface area contributed by atoms with Crippen LogP contribution in [0.2, 0.25) is 0 Å². The predicted molar refractivity (Wildman–Crippen MR) is 78.3 cm³/mol. The van der Waals surface area contributed by atoms with Gasteiger partial charge in [-0.05, 0) is 31.5 Å². The van der Waals surface area contributed by atoms with Crippen molar-refractivity contribution < 1.29 is 9.53 Å². The Morgan fingerprint density at radius 1 is 1.30 bits per heavy atom. The number of carbonyl (C=O) groups is 1. The summed E-state index contributed by atoms with van der Waals surface area (Å²) in [6, 6.07) is 5.70. The zero-order chi connectivity index (χ0) is 14.9. The van der Waals surface area contributed by atoms with Crippen LogP contribution < -0.4 is 5.43 Å². The van der Waals surface area contributed by atoms with Gasteiger partial charge in [0, 0.05) is 16.2 Å². The molecule has 0 unspecified atom stereocenters. The molecule has 0 aliphatic carbocycles. The molecule has 0 N–H and O–H groups in total. The van der Waals surface area contributed by atoms with E-state index in [2.05, 4.69) is 25.8 Å². The lowest BCUT2D eigenvalue weighted by molar-refractivity contribution is 0.0590. The first kappa shape index (κ1) is 14.5. The number of methoxy groups -OCH3 is 1. The highest BCUT2D eigenvalue weighted by atomic mass is 79.9. The van der Waals surface area contributed by atoms with Gasteiger partial charge in [0.05, 0.1) is 12.8 Å². The highest BCUT2D eigenvalue weighted by molar-refractivity contribution is 9.10. The average molecular weight is 337 g/mol. The van der Waals surface area contributed by atoms with Crippen LogP contribution in [0.3, 0.4) is 0 Å². The fourth-order valence-corrected chi connectivity index (χ4v) is 2.14. The monoisotopic (exact) mass is 336 g/mol. The fourth-order valence-electron chi connectivity index (χ4n) is 1.79. The number of nitrogens with zero attached hydrogens (tertiary/aromatic N) is 2. The summed E-state index contributed by atoms with van der Waals surface area (Å²) in [5.74, 6) is -0.736. The number of rotatable bonds is 2. The van der Waals surface area contributed by atoms with Crippen molar-refractivity contribution in [3.05, 3.63) is 55.9 Å². The van der Waals surface area contributed by atoms with Crippen molar-refractivity contribution in [2.24, 2.45) is 0 Å². The summed E-state index contributed by atoms with van der Waals surface area (Å²) in [5.41, 5.74) is 1.56. The zero-order valence-corrected chi connectivity index (χ0v) is 12.9. The van der Waals surface area contributed by atoms with Gasteiger partial charge in [-0.15, -0.1) is 0 Å². The van der Waals surface area contributed by atoms with Gasteiger partial charge in [-0.3, -0.25) is 4.79 Å². The van der Waals surface area contributed by atoms with Gasteiger partial charge in [-0.25, -0.2) is 9.48 Å². The van der Waals surface area contributed by atoms with Crippen LogP contribution >= 0.6 is 15.9 Å². The van der Waals surface area contributed by atoms with Crippen LogP contribution in [0, 0.1) is 13.8 Å². The van der Waals surface area contributed by atoms with E-state index in [1.807, 2.05) is 25.1 Å². The SMILES string of the molecule is COC(=O)c1nn(-c2cc(Br)ccc2C)cc(C)c1=O. The second kappa shape index (κ2) is 5.58. The molecule has 0 radical (unpaired) electrons. The van der Waals surface area contributed by atoms with Crippen molar-refractivity contribution in [1.29, 1.82) is 0 Å². The van der Waals surface area contributed by atoms with Crippen LogP contribution in [0.25, 0.3) is 5.69 Å². The molecule has 0 saturated heterocycles. The maximum Gasteiger partial charge on any atom is 0.362 e. The van der Waals surface area contributed by atoms with E-state index in [1.54, 1.807) is 13.1 Å². The van der Waals surface area contributed by atoms with Crippen molar-refractivity contribution in [2.45, 2.75) is 13.8 Å². The topological polar surface area (TPSA) is 61.2 Å². The van der Waals surface area contributed by atoms with Crippen molar-refractivity contribution in [3.63, 3.8) is 0 Å². The lowest BCUT2D eigenvalue weighted by Crippen LogP contribution is -2.24. The third kappa shape index (κ3) is 2.65. The molecule has 1 aromatic heterocycles. The standard InChI is InChI=1S/C14H13BrN2O3/c1-8-4-5-10(15)6-11(8)17-7-9(2)13(18)12(16-17)14(19)20-3/h4-7H,1-3H3. The normalized spacial score (nSPS) is 10.4. The van der Waals surface area contributed by atoms with Crippen LogP contribution in [0.15, 0.2) is 33.7 Å². The molecular formula is C14H13BrN2O3. The van der Waals surface area contributed by atoms with Crippen molar-refractivity contribution >= 4 is 21.9 Å². The second-order valence-corrected chi connectivity index (χ2v) is 5.27. The number of benzene rings is 1. The summed E-state index contributed by atoms with van der Waals surface area (Å²) < 4.78 is 6.99. The molecule has 20 heavy (non-hydrogen) atoms. The first-order chi connectivity index (χ1) is 9.43. The van der Waals surface area contributed by atoms with Crippen molar-refractivity contribution in [2.75, 3.05) is 7.11 Å². The van der Waals surface area contributed by atoms with Crippen molar-refractivity contribution in [1.82, 2.24) is 9.78 Å². The average Bonchev–Trinajstić information content (AvgIpc) is 2.43. The van der Waals surface area contributed by atoms with Gasteiger partial charge in [0.15, 0.2) is 0 Å². The molecule has 0 fully saturated rings. The van der Waals surface area contributed by atoms with Gasteiger partial charge in [-0.1, -0.05) is 22.0 Å². The Bertz CT molecular complexity index is 738. The Balaban J connectivity index is 2.70. The highest BCUT2D eigenvalue weighted by Crippen LogP contribution is 2.19. The number of esters is 1. The molecule has 0 amide bonds. The summed E-state index contributed by atoms with van der Waals surface area (Å²) in [6.07, 6.45) is 1.60. The molecule has 1 aromatic carbocycles. The van der Waals surface area contributed by atoms with Crippen LogP contribution in [-0.4, -0.2) is 22.9 Å². The molecule has 0 aliphatic heterocycles. The Hall–Kier alpha value is -1.95. The molecule has 104 valence electrons. The van der Waals surface area contributed by atoms with E-state index in [9.17, 15) is 9.59 Å². The molecule has 6 heteroatoms. The number of carbonyl (C=O) groups excluding carboxylic acids is 1. The molecular weight excluding hydrogens is 324 g/mol. The molecule has 0 bridgehead atoms. The van der Waals surface area contributed by atoms with E-state index in [0.717, 1.165) is 15.7 Å². The van der Waals surface area contributed by atoms with Gasteiger partial charge in [-0.2, -0.15) is 5.10 Å². The molecule has 0 spiro atoms. The van der Waals surface area contributed by atoms with Gasteiger partial charge in [0.25, 0.3) is 0 Å². The van der Waals surface area contributed by atoms with E-state index in [-0.39, 0.29) is 5.69 Å². The minimum Gasteiger partial charge on any atom is -0.464 e. The lowest BCUT2D eigenvalue weighted by atomic mass is 10.2. The summed E-state index contributed by atoms with van der Waals surface area (Å²) in [7, 11) is 1.22. The molecule has 2 rings (SSSR count). The second-order valence-electron chi connectivity index (χ2n) is 4.36. The van der Waals surface area contributed by atoms with Gasteiger partial charge < -0.3 is 4.74 Å². The first-order valence-electron chi connectivity index (χ1n) is 5.89. The van der Waals surface area contributed by atoms with E-state index >= 15 is 0 Å². The molecule has 0 aliphatic rings. The van der Waals surface area contributed by atoms with Gasteiger partial charge >= 0.3 is 5.97 Å². The Kier molecular flexibility index (Phi) is 4.04. The van der Waals surface area contributed by atoms with Crippen LogP contribution in [-0.2, 0) is 4.74 Å². The zero-order valence-electron chi connectivity index (χ0n) is 11.3. The van der Waals surface area contributed by atoms with E-state index < -0.39 is 11.4 Å². The van der Waals surface area contributed by atoms with Crippen LogP contribution in [0.1, 0.15) is 21.6 Å². The van der Waals surface area contributed by atoms with Crippen LogP contribution in [0.4, 0.5) is 0 Å². The Labute approximate surface area is 124 Å². The maximum absolute atomic E-state index is 11.9. The minimum atomic E-state index is -0.736. The number of hydrogen-bond donors (Lipinski definition) is 0. The van der Waals surface area contributed by atoms with E-state index in [1.165, 1.54) is 11.8 Å². The smallest absolute Gasteiger partial charge is 0.362 e. The fraction of sp³-hybridized carbons (Fsp3) is 0.214. The number of hydrogen-bond acceptors (Lipinski definition) is 4. The van der Waals surface area contributed by atoms with Gasteiger partial charge in [0.1, 0.15) is 0 Å². The Morgan fingerprint density at radius 3 is 2.65 bits per heavy atom. The number of aromatic nitrogens is 2. The largest absolute Gasteiger partial charge is 0.464 e. The molecule has 0 atom stereocenters. The number of ether oxygens (including phenoxy) is 1. The molecule has 2 aromatic rings. The summed E-state index contributed by atoms with van der Waals surface area (Å²) >= 11 is 3.39. The number of halogens is 1. The van der Waals surface area contributed by atoms with Crippen LogP contribution in [0.5, 0.6) is 0 Å². The highest BCUT2D eigenvalue weighted by Gasteiger charge is 2.16. The summed E-state index contributed by atoms with van der Waals surface area (Å²) in [6.45, 7) is 3.56. The first-order valence-corrected chi connectivity index (χ1v) is 6.68. The Morgan fingerprint density at radius 2 is 2.00 bits per heavy atom. The molecule has 0 saturated carbocycles. The molecule has 5 nitrogen and oxygen atoms in total. The third-order valence-electron chi connectivity index (χ3n) is 2.89. The van der Waals surface area contributed by atoms with Gasteiger partial charge in [0.2, 0.25) is 11.1 Å². The van der Waals surface area contributed by atoms with E-state index in [0.29, 0.717) is 5.56 Å². The third-order valence-corrected chi connectivity index (χ3v) is 3.39. The van der Waals surface area contributed by atoms with E-state index in [4.69, 9.17) is 0 Å². The molecule has 1 heterocycles. The predicted octanol–water partition coefficient (Wildman–Crippen LogP) is 2.40. The lowest BCUT2D eigenvalue weighted by Gasteiger charge is -2.11. The summed E-state index contributed by atoms with van der Waals surface area (Å²) in [4.78, 5) is 23.5. The quantitative estimate of drug-likeness (QED) is 0.790. The number of aryl methyl sites for hydroxylation is 2. The summed E-state index contributed by atoms with van der Waals surface area (Å²) in [5, 5.41) is 4.08. The van der Waals surface area contributed by atoms with Crippen molar-refractivity contribution in [3.8, 4) is 5.69 Å². The maximum atomic E-state index is 11.9.